The van der Waals surface area contributed by atoms with E-state index in [0.717, 1.165) is 0 Å². The van der Waals surface area contributed by atoms with Crippen LogP contribution in [0.4, 0.5) is 0 Å². The summed E-state index contributed by atoms with van der Waals surface area (Å²) in [6.45, 7) is -0.174. The van der Waals surface area contributed by atoms with Gasteiger partial charge in [-0.2, -0.15) is 0 Å². The Hall–Kier alpha value is -1.04. The molecule has 2 nitrogen and oxygen atoms in total. The van der Waals surface area contributed by atoms with E-state index in [1.165, 1.54) is 0 Å². The van der Waals surface area contributed by atoms with Crippen molar-refractivity contribution in [3.8, 4) is 11.8 Å². The van der Waals surface area contributed by atoms with Gasteiger partial charge < -0.3 is 5.11 Å². The lowest BCUT2D eigenvalue weighted by Gasteiger charge is -1.90. The van der Waals surface area contributed by atoms with Gasteiger partial charge in [0, 0.05) is 6.20 Å². The summed E-state index contributed by atoms with van der Waals surface area (Å²) in [4.78, 5) is 3.90. The second-order valence-electron chi connectivity index (χ2n) is 1.79. The van der Waals surface area contributed by atoms with Crippen molar-refractivity contribution in [1.82, 2.24) is 4.98 Å². The summed E-state index contributed by atoms with van der Waals surface area (Å²) in [5, 5.41) is 8.88. The minimum absolute atomic E-state index is 0.174. The van der Waals surface area contributed by atoms with Crippen LogP contribution in [0.25, 0.3) is 0 Å². The number of hydrogen-bond donors (Lipinski definition) is 1. The molecule has 0 aromatic carbocycles. The summed E-state index contributed by atoms with van der Waals surface area (Å²) in [6, 6.07) is 3.43. The fourth-order valence-corrected chi connectivity index (χ4v) is 0.770. The Labute approximate surface area is 69.8 Å². The molecule has 0 aliphatic heterocycles. The van der Waals surface area contributed by atoms with Crippen molar-refractivity contribution in [2.24, 2.45) is 0 Å². The molecule has 0 aliphatic carbocycles. The summed E-state index contributed by atoms with van der Waals surface area (Å²) in [5.74, 6) is 5.08. The molecule has 1 N–H and O–H groups in total. The van der Waals surface area contributed by atoms with E-state index < -0.39 is 0 Å². The summed E-state index contributed by atoms with van der Waals surface area (Å²) >= 11 is 5.71. The summed E-state index contributed by atoms with van der Waals surface area (Å²) < 4.78 is 0. The summed E-state index contributed by atoms with van der Waals surface area (Å²) in [6.07, 6.45) is 1.60. The van der Waals surface area contributed by atoms with Gasteiger partial charge in [0.25, 0.3) is 0 Å². The van der Waals surface area contributed by atoms with Gasteiger partial charge in [0.15, 0.2) is 0 Å². The minimum atomic E-state index is -0.174. The third kappa shape index (κ3) is 2.23. The Kier molecular flexibility index (Phi) is 2.91. The number of aliphatic hydroxyl groups is 1. The fourth-order valence-electron chi connectivity index (χ4n) is 0.601. The van der Waals surface area contributed by atoms with Crippen molar-refractivity contribution in [3.63, 3.8) is 0 Å². The monoisotopic (exact) mass is 167 g/mol. The van der Waals surface area contributed by atoms with Crippen LogP contribution < -0.4 is 0 Å². The molecule has 11 heavy (non-hydrogen) atoms. The van der Waals surface area contributed by atoms with Crippen LogP contribution in [-0.2, 0) is 0 Å². The van der Waals surface area contributed by atoms with E-state index in [4.69, 9.17) is 16.7 Å². The van der Waals surface area contributed by atoms with Gasteiger partial charge in [0.2, 0.25) is 0 Å². The molecule has 0 spiro atoms. The Bertz CT molecular complexity index is 300. The smallest absolute Gasteiger partial charge is 0.131 e. The van der Waals surface area contributed by atoms with Crippen LogP contribution in [0.15, 0.2) is 18.3 Å². The average molecular weight is 168 g/mol. The maximum Gasteiger partial charge on any atom is 0.131 e. The number of halogens is 1. The number of nitrogens with zero attached hydrogens (tertiary/aromatic N) is 1. The van der Waals surface area contributed by atoms with Crippen LogP contribution in [0, 0.1) is 11.8 Å². The van der Waals surface area contributed by atoms with E-state index in [0.29, 0.717) is 10.7 Å². The van der Waals surface area contributed by atoms with Crippen LogP contribution in [-0.4, -0.2) is 16.7 Å². The molecule has 0 saturated heterocycles. The second kappa shape index (κ2) is 3.97. The lowest BCUT2D eigenvalue weighted by Crippen LogP contribution is -1.82. The van der Waals surface area contributed by atoms with Crippen molar-refractivity contribution in [2.75, 3.05) is 6.61 Å². The highest BCUT2D eigenvalue weighted by atomic mass is 35.5. The molecule has 1 rings (SSSR count). The molecule has 0 bridgehead atoms. The van der Waals surface area contributed by atoms with E-state index in [1.54, 1.807) is 18.3 Å². The standard InChI is InChI=1S/C8H6ClNO/c9-7-3-1-5-10-8(7)4-2-6-11/h1,3,5,11H,6H2. The topological polar surface area (TPSA) is 33.1 Å². The van der Waals surface area contributed by atoms with Crippen LogP contribution in [0.5, 0.6) is 0 Å². The predicted octanol–water partition coefficient (Wildman–Crippen LogP) is 1.08. The van der Waals surface area contributed by atoms with Crippen molar-refractivity contribution in [1.29, 1.82) is 0 Å². The molecule has 1 aromatic rings. The van der Waals surface area contributed by atoms with E-state index in [9.17, 15) is 0 Å². The first-order valence-electron chi connectivity index (χ1n) is 3.05. The lowest BCUT2D eigenvalue weighted by atomic mass is 10.3. The molecule has 0 saturated carbocycles. The molecule has 56 valence electrons. The molecule has 0 fully saturated rings. The number of pyridine rings is 1. The highest BCUT2D eigenvalue weighted by Gasteiger charge is 1.93. The van der Waals surface area contributed by atoms with Gasteiger partial charge in [-0.25, -0.2) is 4.98 Å². The van der Waals surface area contributed by atoms with E-state index in [2.05, 4.69) is 16.8 Å². The van der Waals surface area contributed by atoms with Gasteiger partial charge in [-0.1, -0.05) is 17.5 Å². The summed E-state index contributed by atoms with van der Waals surface area (Å²) in [7, 11) is 0. The van der Waals surface area contributed by atoms with Crippen molar-refractivity contribution in [2.45, 2.75) is 0 Å². The lowest BCUT2D eigenvalue weighted by molar-refractivity contribution is 0.350. The molecular weight excluding hydrogens is 162 g/mol. The van der Waals surface area contributed by atoms with Crippen molar-refractivity contribution >= 4 is 11.6 Å². The zero-order chi connectivity index (χ0) is 8.10. The molecule has 3 heteroatoms. The second-order valence-corrected chi connectivity index (χ2v) is 2.20. The van der Waals surface area contributed by atoms with Crippen LogP contribution in [0.1, 0.15) is 5.69 Å². The number of rotatable bonds is 0. The van der Waals surface area contributed by atoms with Gasteiger partial charge >= 0.3 is 0 Å². The van der Waals surface area contributed by atoms with Gasteiger partial charge in [0.05, 0.1) is 5.02 Å². The molecule has 1 aromatic heterocycles. The maximum absolute atomic E-state index is 8.37. The average Bonchev–Trinajstić information content (AvgIpc) is 2.03. The molecule has 0 aliphatic rings. The quantitative estimate of drug-likeness (QED) is 0.587. The fraction of sp³-hybridized carbons (Fsp3) is 0.125. The first-order chi connectivity index (χ1) is 5.34. The van der Waals surface area contributed by atoms with Gasteiger partial charge in [-0.15, -0.1) is 0 Å². The van der Waals surface area contributed by atoms with Crippen molar-refractivity contribution < 1.29 is 5.11 Å². The van der Waals surface area contributed by atoms with Gasteiger partial charge in [0.1, 0.15) is 12.3 Å². The molecule has 0 atom stereocenters. The first-order valence-corrected chi connectivity index (χ1v) is 3.42. The van der Waals surface area contributed by atoms with E-state index in [-0.39, 0.29) is 6.61 Å². The molecule has 0 unspecified atom stereocenters. The summed E-state index contributed by atoms with van der Waals surface area (Å²) in [5.41, 5.74) is 0.503. The Morgan fingerprint density at radius 1 is 1.64 bits per heavy atom. The minimum Gasteiger partial charge on any atom is -0.384 e. The zero-order valence-corrected chi connectivity index (χ0v) is 6.47. The molecule has 0 amide bonds. The molecule has 0 radical (unpaired) electrons. The highest BCUT2D eigenvalue weighted by Crippen LogP contribution is 2.09. The molecule has 1 heterocycles. The van der Waals surface area contributed by atoms with Gasteiger partial charge in [-0.3, -0.25) is 0 Å². The highest BCUT2D eigenvalue weighted by molar-refractivity contribution is 6.31. The third-order valence-corrected chi connectivity index (χ3v) is 1.35. The number of aliphatic hydroxyl groups excluding tert-OH is 1. The van der Waals surface area contributed by atoms with Gasteiger partial charge in [-0.05, 0) is 18.1 Å². The van der Waals surface area contributed by atoms with Crippen LogP contribution >= 0.6 is 11.6 Å². The zero-order valence-electron chi connectivity index (χ0n) is 5.71. The van der Waals surface area contributed by atoms with Crippen LogP contribution in [0.3, 0.4) is 0 Å². The molecular formula is C8H6ClNO. The van der Waals surface area contributed by atoms with E-state index in [1.807, 2.05) is 0 Å². The maximum atomic E-state index is 8.37. The Balaban J connectivity index is 2.95. The van der Waals surface area contributed by atoms with Crippen molar-refractivity contribution in [3.05, 3.63) is 29.0 Å². The normalized spacial score (nSPS) is 8.55. The number of hydrogen-bond acceptors (Lipinski definition) is 2. The SMILES string of the molecule is OCC#Cc1ncccc1Cl. The van der Waals surface area contributed by atoms with Crippen LogP contribution in [0.2, 0.25) is 5.02 Å². The Morgan fingerprint density at radius 3 is 3.09 bits per heavy atom. The van der Waals surface area contributed by atoms with E-state index >= 15 is 0 Å². The Morgan fingerprint density at radius 2 is 2.45 bits per heavy atom. The largest absolute Gasteiger partial charge is 0.384 e. The third-order valence-electron chi connectivity index (χ3n) is 1.04. The first kappa shape index (κ1) is 8.06. The number of aromatic nitrogens is 1. The predicted molar refractivity (Wildman–Crippen MR) is 43.2 cm³/mol.